The molecular formula is C14H27N3O3. The van der Waals surface area contributed by atoms with Crippen LogP contribution in [0.5, 0.6) is 0 Å². The molecule has 1 unspecified atom stereocenters. The predicted octanol–water partition coefficient (Wildman–Crippen LogP) is 1.17. The topological polar surface area (TPSA) is 64.1 Å². The third-order valence-electron chi connectivity index (χ3n) is 4.14. The van der Waals surface area contributed by atoms with Crippen LogP contribution in [0.4, 0.5) is 4.79 Å². The summed E-state index contributed by atoms with van der Waals surface area (Å²) in [5.74, 6) is -0.816. The first-order chi connectivity index (χ1) is 9.12. The molecule has 1 aliphatic rings. The van der Waals surface area contributed by atoms with Gasteiger partial charge in [-0.2, -0.15) is 0 Å². The van der Waals surface area contributed by atoms with Gasteiger partial charge in [-0.3, -0.25) is 9.69 Å². The number of hydrogen-bond donors (Lipinski definition) is 1. The molecule has 0 saturated carbocycles. The second-order valence-electron chi connectivity index (χ2n) is 6.59. The van der Waals surface area contributed by atoms with Crippen LogP contribution in [0.1, 0.15) is 27.7 Å². The summed E-state index contributed by atoms with van der Waals surface area (Å²) in [7, 11) is 1.84. The van der Waals surface area contributed by atoms with Crippen molar-refractivity contribution in [1.29, 1.82) is 0 Å². The predicted molar refractivity (Wildman–Crippen MR) is 77.7 cm³/mol. The summed E-state index contributed by atoms with van der Waals surface area (Å²) >= 11 is 0. The van der Waals surface area contributed by atoms with E-state index in [9.17, 15) is 9.59 Å². The smallest absolute Gasteiger partial charge is 0.320 e. The number of carbonyl (C=O) groups is 2. The van der Waals surface area contributed by atoms with E-state index in [4.69, 9.17) is 5.11 Å². The van der Waals surface area contributed by atoms with Crippen molar-refractivity contribution in [1.82, 2.24) is 14.7 Å². The zero-order valence-corrected chi connectivity index (χ0v) is 13.2. The third-order valence-corrected chi connectivity index (χ3v) is 4.14. The lowest BCUT2D eigenvalue weighted by Crippen LogP contribution is -2.55. The Bertz CT molecular complexity index is 357. The van der Waals surface area contributed by atoms with Gasteiger partial charge in [0, 0.05) is 39.3 Å². The maximum Gasteiger partial charge on any atom is 0.320 e. The largest absolute Gasteiger partial charge is 0.480 e. The van der Waals surface area contributed by atoms with Gasteiger partial charge in [-0.1, -0.05) is 20.8 Å². The average Bonchev–Trinajstić information content (AvgIpc) is 2.35. The molecular weight excluding hydrogens is 258 g/mol. The number of rotatable bonds is 3. The molecule has 0 bridgehead atoms. The van der Waals surface area contributed by atoms with Crippen LogP contribution in [0.25, 0.3) is 0 Å². The van der Waals surface area contributed by atoms with Gasteiger partial charge < -0.3 is 14.9 Å². The van der Waals surface area contributed by atoms with E-state index in [2.05, 4.69) is 27.7 Å². The fourth-order valence-corrected chi connectivity index (χ4v) is 2.26. The van der Waals surface area contributed by atoms with Crippen molar-refractivity contribution < 1.29 is 14.7 Å². The lowest BCUT2D eigenvalue weighted by molar-refractivity contribution is -0.138. The van der Waals surface area contributed by atoms with Crippen LogP contribution in [-0.2, 0) is 4.79 Å². The molecule has 116 valence electrons. The van der Waals surface area contributed by atoms with Gasteiger partial charge in [-0.25, -0.2) is 4.79 Å². The van der Waals surface area contributed by atoms with Gasteiger partial charge in [0.1, 0.15) is 0 Å². The highest BCUT2D eigenvalue weighted by molar-refractivity contribution is 5.75. The van der Waals surface area contributed by atoms with Crippen molar-refractivity contribution in [2.75, 3.05) is 39.8 Å². The molecule has 0 aromatic carbocycles. The molecule has 1 saturated heterocycles. The summed E-state index contributed by atoms with van der Waals surface area (Å²) in [6.45, 7) is 10.9. The SMILES string of the molecule is CC(N(C)C(=O)N1CCN(CC(=O)O)CC1)C(C)(C)C. The Morgan fingerprint density at radius 3 is 2.10 bits per heavy atom. The molecule has 0 aromatic heterocycles. The van der Waals surface area contributed by atoms with E-state index in [-0.39, 0.29) is 24.0 Å². The first-order valence-corrected chi connectivity index (χ1v) is 7.09. The van der Waals surface area contributed by atoms with Crippen molar-refractivity contribution in [3.63, 3.8) is 0 Å². The van der Waals surface area contributed by atoms with E-state index >= 15 is 0 Å². The standard InChI is InChI=1S/C14H27N3O3/c1-11(14(2,3)4)15(5)13(20)17-8-6-16(7-9-17)10-12(18)19/h11H,6-10H2,1-5H3,(H,18,19). The summed E-state index contributed by atoms with van der Waals surface area (Å²) in [5, 5.41) is 8.76. The van der Waals surface area contributed by atoms with E-state index in [0.29, 0.717) is 26.2 Å². The van der Waals surface area contributed by atoms with E-state index in [1.54, 1.807) is 9.80 Å². The highest BCUT2D eigenvalue weighted by Crippen LogP contribution is 2.24. The van der Waals surface area contributed by atoms with Gasteiger partial charge in [-0.05, 0) is 12.3 Å². The minimum Gasteiger partial charge on any atom is -0.480 e. The molecule has 0 aromatic rings. The first-order valence-electron chi connectivity index (χ1n) is 7.09. The Balaban J connectivity index is 2.52. The van der Waals surface area contributed by atoms with Crippen molar-refractivity contribution in [3.05, 3.63) is 0 Å². The van der Waals surface area contributed by atoms with Crippen LogP contribution in [0.2, 0.25) is 0 Å². The molecule has 1 fully saturated rings. The average molecular weight is 285 g/mol. The lowest BCUT2D eigenvalue weighted by atomic mass is 9.87. The molecule has 6 nitrogen and oxygen atoms in total. The van der Waals surface area contributed by atoms with Crippen LogP contribution in [0, 0.1) is 5.41 Å². The van der Waals surface area contributed by atoms with Crippen LogP contribution in [0.3, 0.4) is 0 Å². The quantitative estimate of drug-likeness (QED) is 0.845. The van der Waals surface area contributed by atoms with Gasteiger partial charge in [0.15, 0.2) is 0 Å². The number of nitrogens with zero attached hydrogens (tertiary/aromatic N) is 3. The Labute approximate surface area is 121 Å². The minimum absolute atomic E-state index is 0.0300. The van der Waals surface area contributed by atoms with E-state index in [0.717, 1.165) is 0 Å². The number of urea groups is 1. The van der Waals surface area contributed by atoms with Crippen LogP contribution >= 0.6 is 0 Å². The van der Waals surface area contributed by atoms with Gasteiger partial charge in [0.25, 0.3) is 0 Å². The normalized spacial score (nSPS) is 18.8. The van der Waals surface area contributed by atoms with Crippen molar-refractivity contribution >= 4 is 12.0 Å². The molecule has 20 heavy (non-hydrogen) atoms. The van der Waals surface area contributed by atoms with Gasteiger partial charge in [0.2, 0.25) is 0 Å². The Morgan fingerprint density at radius 2 is 1.70 bits per heavy atom. The van der Waals surface area contributed by atoms with Crippen LogP contribution in [-0.4, -0.2) is 77.6 Å². The number of carboxylic acid groups (broad SMARTS) is 1. The van der Waals surface area contributed by atoms with Crippen LogP contribution < -0.4 is 0 Å². The maximum absolute atomic E-state index is 12.4. The van der Waals surface area contributed by atoms with Crippen LogP contribution in [0.15, 0.2) is 0 Å². The fourth-order valence-electron chi connectivity index (χ4n) is 2.26. The summed E-state index contributed by atoms with van der Waals surface area (Å²) in [6, 6.07) is 0.175. The molecule has 0 aliphatic carbocycles. The summed E-state index contributed by atoms with van der Waals surface area (Å²) in [6.07, 6.45) is 0. The summed E-state index contributed by atoms with van der Waals surface area (Å²) in [5.41, 5.74) is 0.0372. The minimum atomic E-state index is -0.816. The molecule has 1 atom stereocenters. The van der Waals surface area contributed by atoms with Crippen molar-refractivity contribution in [2.45, 2.75) is 33.7 Å². The molecule has 0 spiro atoms. The Morgan fingerprint density at radius 1 is 1.20 bits per heavy atom. The number of hydrogen-bond acceptors (Lipinski definition) is 3. The van der Waals surface area contributed by atoms with E-state index in [1.807, 2.05) is 11.9 Å². The van der Waals surface area contributed by atoms with Gasteiger partial charge >= 0.3 is 12.0 Å². The second kappa shape index (κ2) is 6.43. The molecule has 1 heterocycles. The highest BCUT2D eigenvalue weighted by atomic mass is 16.4. The molecule has 6 heteroatoms. The van der Waals surface area contributed by atoms with Crippen molar-refractivity contribution in [2.24, 2.45) is 5.41 Å². The number of carboxylic acids is 1. The van der Waals surface area contributed by atoms with E-state index < -0.39 is 5.97 Å². The number of amides is 2. The highest BCUT2D eigenvalue weighted by Gasteiger charge is 2.31. The summed E-state index contributed by atoms with van der Waals surface area (Å²) < 4.78 is 0. The number of carbonyl (C=O) groups excluding carboxylic acids is 1. The first kappa shape index (κ1) is 16.8. The molecule has 1 N–H and O–H groups in total. The zero-order chi connectivity index (χ0) is 15.5. The maximum atomic E-state index is 12.4. The Hall–Kier alpha value is -1.30. The fraction of sp³-hybridized carbons (Fsp3) is 0.857. The summed E-state index contributed by atoms with van der Waals surface area (Å²) in [4.78, 5) is 28.5. The molecule has 2 amide bonds. The van der Waals surface area contributed by atoms with E-state index in [1.165, 1.54) is 0 Å². The number of aliphatic carboxylic acids is 1. The third kappa shape index (κ3) is 4.37. The molecule has 1 rings (SSSR count). The molecule has 1 aliphatic heterocycles. The molecule has 0 radical (unpaired) electrons. The Kier molecular flexibility index (Phi) is 5.39. The monoisotopic (exact) mass is 285 g/mol. The zero-order valence-electron chi connectivity index (χ0n) is 13.2. The lowest BCUT2D eigenvalue weighted by Gasteiger charge is -2.40. The number of piperazine rings is 1. The second-order valence-corrected chi connectivity index (χ2v) is 6.59. The van der Waals surface area contributed by atoms with Gasteiger partial charge in [-0.15, -0.1) is 0 Å². The van der Waals surface area contributed by atoms with Gasteiger partial charge in [0.05, 0.1) is 6.54 Å². The van der Waals surface area contributed by atoms with Crippen molar-refractivity contribution in [3.8, 4) is 0 Å².